The summed E-state index contributed by atoms with van der Waals surface area (Å²) in [7, 11) is 3.83. The zero-order valence-electron chi connectivity index (χ0n) is 17.1. The topological polar surface area (TPSA) is 48.9 Å². The minimum atomic E-state index is 0.115. The maximum absolute atomic E-state index is 5.62. The van der Waals surface area contributed by atoms with Gasteiger partial charge in [-0.1, -0.05) is 25.1 Å². The highest BCUT2D eigenvalue weighted by Crippen LogP contribution is 2.44. The zero-order chi connectivity index (χ0) is 20.3. The van der Waals surface area contributed by atoms with Gasteiger partial charge in [0.05, 0.1) is 13.3 Å². The molecule has 2 N–H and O–H groups in total. The molecule has 1 unspecified atom stereocenters. The molecule has 1 heterocycles. The van der Waals surface area contributed by atoms with E-state index in [4.69, 9.17) is 17.0 Å². The number of ether oxygens (including phenoxy) is 1. The van der Waals surface area contributed by atoms with Crippen LogP contribution in [-0.4, -0.2) is 31.0 Å². The van der Waals surface area contributed by atoms with Crippen molar-refractivity contribution in [2.75, 3.05) is 24.4 Å². The molecular weight excluding hydrogens is 368 g/mol. The standard InChI is InChI=1S/C22H28N4OS/c1-15-13-22(2,3)26(4)19-12-20(27-5)16(11-18(15)19)14-23-25-21(28)24-17-9-7-6-8-10-17/h6-12,14-15H,13H2,1-5H3,(H2,24,25,28)/b23-14+. The highest BCUT2D eigenvalue weighted by Gasteiger charge is 2.34. The summed E-state index contributed by atoms with van der Waals surface area (Å²) in [4.78, 5) is 2.34. The lowest BCUT2D eigenvalue weighted by atomic mass is 9.80. The van der Waals surface area contributed by atoms with E-state index in [1.807, 2.05) is 30.3 Å². The molecule has 0 aromatic heterocycles. The van der Waals surface area contributed by atoms with Gasteiger partial charge in [-0.15, -0.1) is 0 Å². The molecule has 0 amide bonds. The Hall–Kier alpha value is -2.60. The molecule has 0 saturated heterocycles. The molecule has 2 aromatic rings. The van der Waals surface area contributed by atoms with Gasteiger partial charge >= 0.3 is 0 Å². The van der Waals surface area contributed by atoms with Crippen molar-refractivity contribution in [1.29, 1.82) is 0 Å². The Balaban J connectivity index is 1.78. The molecule has 3 rings (SSSR count). The van der Waals surface area contributed by atoms with E-state index in [9.17, 15) is 0 Å². The number of hydrogen-bond acceptors (Lipinski definition) is 4. The number of hydrogen-bond donors (Lipinski definition) is 2. The van der Waals surface area contributed by atoms with Crippen molar-refractivity contribution < 1.29 is 4.74 Å². The molecule has 0 aliphatic carbocycles. The van der Waals surface area contributed by atoms with Crippen LogP contribution < -0.4 is 20.4 Å². The van der Waals surface area contributed by atoms with Crippen LogP contribution in [0, 0.1) is 0 Å². The number of anilines is 2. The number of nitrogens with zero attached hydrogens (tertiary/aromatic N) is 2. The van der Waals surface area contributed by atoms with Crippen molar-refractivity contribution in [3.8, 4) is 5.75 Å². The Kier molecular flexibility index (Phi) is 5.89. The maximum atomic E-state index is 5.62. The molecule has 148 valence electrons. The van der Waals surface area contributed by atoms with Gasteiger partial charge in [0.15, 0.2) is 5.11 Å². The largest absolute Gasteiger partial charge is 0.496 e. The second kappa shape index (κ2) is 8.19. The quantitative estimate of drug-likeness (QED) is 0.444. The monoisotopic (exact) mass is 396 g/mol. The van der Waals surface area contributed by atoms with Crippen LogP contribution in [0.4, 0.5) is 11.4 Å². The molecular formula is C22H28N4OS. The molecule has 0 fully saturated rings. The summed E-state index contributed by atoms with van der Waals surface area (Å²) >= 11 is 5.30. The van der Waals surface area contributed by atoms with Gasteiger partial charge in [0.2, 0.25) is 0 Å². The third-order valence-corrected chi connectivity index (χ3v) is 5.58. The number of thiocarbonyl (C=S) groups is 1. The highest BCUT2D eigenvalue weighted by atomic mass is 32.1. The van der Waals surface area contributed by atoms with Gasteiger partial charge in [-0.3, -0.25) is 5.43 Å². The summed E-state index contributed by atoms with van der Waals surface area (Å²) in [6.45, 7) is 6.83. The molecule has 0 spiro atoms. The Labute approximate surface area is 172 Å². The predicted octanol–water partition coefficient (Wildman–Crippen LogP) is 4.74. The molecule has 28 heavy (non-hydrogen) atoms. The summed E-state index contributed by atoms with van der Waals surface area (Å²) in [5.41, 5.74) is 7.36. The van der Waals surface area contributed by atoms with Crippen LogP contribution in [0.1, 0.15) is 44.2 Å². The van der Waals surface area contributed by atoms with Gasteiger partial charge in [0.1, 0.15) is 5.75 Å². The van der Waals surface area contributed by atoms with E-state index >= 15 is 0 Å². The molecule has 1 aliphatic rings. The van der Waals surface area contributed by atoms with E-state index in [1.165, 1.54) is 11.3 Å². The average Bonchev–Trinajstić information content (AvgIpc) is 2.66. The molecule has 0 radical (unpaired) electrons. The fourth-order valence-electron chi connectivity index (χ4n) is 3.73. The summed E-state index contributed by atoms with van der Waals surface area (Å²) in [5.74, 6) is 1.26. The molecule has 1 atom stereocenters. The smallest absolute Gasteiger partial charge is 0.191 e. The molecule has 5 nitrogen and oxygen atoms in total. The molecule has 6 heteroatoms. The van der Waals surface area contributed by atoms with Gasteiger partial charge in [0.25, 0.3) is 0 Å². The van der Waals surface area contributed by atoms with Crippen LogP contribution in [-0.2, 0) is 0 Å². The molecule has 2 aromatic carbocycles. The van der Waals surface area contributed by atoms with Crippen LogP contribution >= 0.6 is 12.2 Å². The number of fused-ring (bicyclic) bond motifs is 1. The van der Waals surface area contributed by atoms with Crippen molar-refractivity contribution >= 4 is 34.9 Å². The van der Waals surface area contributed by atoms with Crippen molar-refractivity contribution in [2.24, 2.45) is 5.10 Å². The van der Waals surface area contributed by atoms with Crippen LogP contribution in [0.15, 0.2) is 47.6 Å². The average molecular weight is 397 g/mol. The van der Waals surface area contributed by atoms with E-state index in [-0.39, 0.29) is 5.54 Å². The van der Waals surface area contributed by atoms with Crippen LogP contribution in [0.25, 0.3) is 0 Å². The second-order valence-corrected chi connectivity index (χ2v) is 8.23. The summed E-state index contributed by atoms with van der Waals surface area (Å²) in [6.07, 6.45) is 2.85. The number of nitrogens with one attached hydrogen (secondary N) is 2. The first kappa shape index (κ1) is 20.1. The minimum absolute atomic E-state index is 0.115. The number of hydrazone groups is 1. The normalized spacial score (nSPS) is 17.9. The first-order valence-electron chi connectivity index (χ1n) is 9.42. The minimum Gasteiger partial charge on any atom is -0.496 e. The van der Waals surface area contributed by atoms with Crippen molar-refractivity contribution in [3.63, 3.8) is 0 Å². The fourth-order valence-corrected chi connectivity index (χ4v) is 3.90. The van der Waals surface area contributed by atoms with Gasteiger partial charge in [0, 0.05) is 35.6 Å². The highest BCUT2D eigenvalue weighted by molar-refractivity contribution is 7.80. The van der Waals surface area contributed by atoms with Crippen LogP contribution in [0.3, 0.4) is 0 Å². The molecule has 1 aliphatic heterocycles. The Morgan fingerprint density at radius 2 is 2.00 bits per heavy atom. The molecule has 0 bridgehead atoms. The fraction of sp³-hybridized carbons (Fsp3) is 0.364. The third-order valence-electron chi connectivity index (χ3n) is 5.39. The first-order valence-corrected chi connectivity index (χ1v) is 9.83. The van der Waals surface area contributed by atoms with Crippen LogP contribution in [0.5, 0.6) is 5.75 Å². The second-order valence-electron chi connectivity index (χ2n) is 7.82. The van der Waals surface area contributed by atoms with Gasteiger partial charge in [-0.25, -0.2) is 0 Å². The lowest BCUT2D eigenvalue weighted by Gasteiger charge is -2.45. The summed E-state index contributed by atoms with van der Waals surface area (Å²) in [5, 5.41) is 7.83. The van der Waals surface area contributed by atoms with E-state index in [1.54, 1.807) is 13.3 Å². The summed E-state index contributed by atoms with van der Waals surface area (Å²) in [6, 6.07) is 14.0. The lowest BCUT2D eigenvalue weighted by Crippen LogP contribution is -2.45. The van der Waals surface area contributed by atoms with Gasteiger partial charge < -0.3 is 15.0 Å². The number of methoxy groups -OCH3 is 1. The lowest BCUT2D eigenvalue weighted by molar-refractivity contribution is 0.389. The van der Waals surface area contributed by atoms with E-state index in [2.05, 4.69) is 60.7 Å². The van der Waals surface area contributed by atoms with Crippen molar-refractivity contribution in [1.82, 2.24) is 5.43 Å². The number of para-hydroxylation sites is 1. The van der Waals surface area contributed by atoms with E-state index < -0.39 is 0 Å². The number of benzene rings is 2. The molecule has 0 saturated carbocycles. The Morgan fingerprint density at radius 3 is 2.68 bits per heavy atom. The van der Waals surface area contributed by atoms with Gasteiger partial charge in [-0.2, -0.15) is 5.10 Å². The summed E-state index contributed by atoms with van der Waals surface area (Å²) < 4.78 is 5.62. The Bertz CT molecular complexity index is 880. The first-order chi connectivity index (χ1) is 13.3. The number of rotatable bonds is 4. The van der Waals surface area contributed by atoms with Gasteiger partial charge in [-0.05, 0) is 62.2 Å². The van der Waals surface area contributed by atoms with E-state index in [0.29, 0.717) is 11.0 Å². The maximum Gasteiger partial charge on any atom is 0.191 e. The van der Waals surface area contributed by atoms with E-state index in [0.717, 1.165) is 23.4 Å². The SMILES string of the molecule is COc1cc2c(cc1/C=N/NC(=S)Nc1ccccc1)C(C)CC(C)(C)N2C. The van der Waals surface area contributed by atoms with Crippen molar-refractivity contribution in [3.05, 3.63) is 53.6 Å². The third kappa shape index (κ3) is 4.28. The Morgan fingerprint density at radius 1 is 1.29 bits per heavy atom. The van der Waals surface area contributed by atoms with Crippen molar-refractivity contribution in [2.45, 2.75) is 38.6 Å². The zero-order valence-corrected chi connectivity index (χ0v) is 17.9. The van der Waals surface area contributed by atoms with Crippen LogP contribution in [0.2, 0.25) is 0 Å². The predicted molar refractivity (Wildman–Crippen MR) is 122 cm³/mol.